The van der Waals surface area contributed by atoms with E-state index in [0.29, 0.717) is 30.4 Å². The van der Waals surface area contributed by atoms with Crippen LogP contribution in [-0.2, 0) is 6.18 Å². The normalized spacial score (nSPS) is 16.1. The summed E-state index contributed by atoms with van der Waals surface area (Å²) >= 11 is 3.42. The average molecular weight is 457 g/mol. The minimum absolute atomic E-state index is 0.259. The molecule has 7 nitrogen and oxygen atoms in total. The molecule has 1 amide bonds. The van der Waals surface area contributed by atoms with Gasteiger partial charge in [-0.05, 0) is 40.9 Å². The number of anilines is 1. The molecule has 0 aromatic carbocycles. The van der Waals surface area contributed by atoms with Crippen molar-refractivity contribution in [3.05, 3.63) is 46.5 Å². The molecule has 28 heavy (non-hydrogen) atoms. The summed E-state index contributed by atoms with van der Waals surface area (Å²) in [7, 11) is 0. The number of carbonyl (C=O) groups is 1. The topological polar surface area (TPSA) is 81.5 Å². The minimum Gasteiger partial charge on any atom is -0.396 e. The summed E-state index contributed by atoms with van der Waals surface area (Å²) in [5.74, 6) is -0.259. The number of amides is 1. The van der Waals surface area contributed by atoms with E-state index in [-0.39, 0.29) is 17.3 Å². The third kappa shape index (κ3) is 3.13. The number of aromatic nitrogens is 4. The first-order chi connectivity index (χ1) is 13.3. The maximum Gasteiger partial charge on any atom is 0.435 e. The maximum absolute atomic E-state index is 13.2. The molecule has 0 bridgehead atoms. The van der Waals surface area contributed by atoms with Crippen molar-refractivity contribution in [2.75, 3.05) is 18.8 Å². The SMILES string of the molecule is Nc1cnn(C2CCN(C(=O)c3nn4ccccc4c3Br)CC2)c1C(F)(F)F. The summed E-state index contributed by atoms with van der Waals surface area (Å²) in [4.78, 5) is 14.5. The number of rotatable bonds is 2. The molecule has 1 saturated heterocycles. The Balaban J connectivity index is 1.52. The smallest absolute Gasteiger partial charge is 0.396 e. The molecule has 3 aromatic heterocycles. The van der Waals surface area contributed by atoms with E-state index >= 15 is 0 Å². The van der Waals surface area contributed by atoms with E-state index in [2.05, 4.69) is 26.1 Å². The number of hydrogen-bond donors (Lipinski definition) is 1. The quantitative estimate of drug-likeness (QED) is 0.640. The number of carbonyl (C=O) groups excluding carboxylic acids is 1. The number of nitrogen functional groups attached to an aromatic ring is 1. The minimum atomic E-state index is -4.57. The molecule has 3 aromatic rings. The number of likely N-dealkylation sites (tertiary alicyclic amines) is 1. The number of pyridine rings is 1. The molecular formula is C17H16BrF3N6O. The molecule has 4 heterocycles. The second-order valence-electron chi connectivity index (χ2n) is 6.61. The summed E-state index contributed by atoms with van der Waals surface area (Å²) in [5, 5.41) is 8.13. The van der Waals surface area contributed by atoms with E-state index in [9.17, 15) is 18.0 Å². The fourth-order valence-corrected chi connectivity index (χ4v) is 4.08. The molecule has 4 rings (SSSR count). The lowest BCUT2D eigenvalue weighted by Crippen LogP contribution is -2.40. The highest BCUT2D eigenvalue weighted by Gasteiger charge is 2.40. The van der Waals surface area contributed by atoms with Gasteiger partial charge < -0.3 is 10.6 Å². The lowest BCUT2D eigenvalue weighted by Gasteiger charge is -2.32. The van der Waals surface area contributed by atoms with Crippen molar-refractivity contribution in [1.29, 1.82) is 0 Å². The van der Waals surface area contributed by atoms with Gasteiger partial charge in [0.2, 0.25) is 0 Å². The van der Waals surface area contributed by atoms with E-state index in [4.69, 9.17) is 5.73 Å². The Morgan fingerprint density at radius 2 is 1.96 bits per heavy atom. The summed E-state index contributed by atoms with van der Waals surface area (Å²) in [6.07, 6.45) is -1.12. The maximum atomic E-state index is 13.2. The first-order valence-electron chi connectivity index (χ1n) is 8.59. The molecule has 0 spiro atoms. The van der Waals surface area contributed by atoms with Crippen LogP contribution in [-0.4, -0.2) is 43.3 Å². The van der Waals surface area contributed by atoms with Gasteiger partial charge in [-0.15, -0.1) is 0 Å². The fourth-order valence-electron chi connectivity index (χ4n) is 3.51. The van der Waals surface area contributed by atoms with Gasteiger partial charge in [-0.25, -0.2) is 4.52 Å². The fraction of sp³-hybridized carbons (Fsp3) is 0.353. The number of halogens is 4. The van der Waals surface area contributed by atoms with Crippen molar-refractivity contribution < 1.29 is 18.0 Å². The van der Waals surface area contributed by atoms with Gasteiger partial charge in [0, 0.05) is 19.3 Å². The standard InChI is InChI=1S/C17H16BrF3N6O/c18-13-12-3-1-2-6-26(12)24-14(13)16(28)25-7-4-10(5-8-25)27-15(17(19,20)21)11(22)9-23-27/h1-3,6,9-10H,4-5,7-8,22H2. The van der Waals surface area contributed by atoms with Gasteiger partial charge in [0.15, 0.2) is 11.4 Å². The van der Waals surface area contributed by atoms with E-state index in [1.165, 1.54) is 0 Å². The van der Waals surface area contributed by atoms with Crippen molar-refractivity contribution >= 4 is 33.0 Å². The number of nitrogens with two attached hydrogens (primary N) is 1. The Labute approximate surface area is 166 Å². The molecule has 0 unspecified atom stereocenters. The van der Waals surface area contributed by atoms with Crippen molar-refractivity contribution in [2.45, 2.75) is 25.1 Å². The van der Waals surface area contributed by atoms with Crippen LogP contribution in [0.2, 0.25) is 0 Å². The Morgan fingerprint density at radius 1 is 1.25 bits per heavy atom. The summed E-state index contributed by atoms with van der Waals surface area (Å²) in [5.41, 5.74) is 5.18. The van der Waals surface area contributed by atoms with E-state index in [1.54, 1.807) is 21.7 Å². The molecule has 0 atom stereocenters. The molecule has 1 fully saturated rings. The van der Waals surface area contributed by atoms with Gasteiger partial charge in [0.1, 0.15) is 0 Å². The van der Waals surface area contributed by atoms with Crippen LogP contribution in [0.25, 0.3) is 5.52 Å². The predicted molar refractivity (Wildman–Crippen MR) is 98.7 cm³/mol. The Morgan fingerprint density at radius 3 is 2.61 bits per heavy atom. The number of nitrogens with zero attached hydrogens (tertiary/aromatic N) is 5. The molecular weight excluding hydrogens is 441 g/mol. The van der Waals surface area contributed by atoms with Crippen molar-refractivity contribution in [3.8, 4) is 0 Å². The van der Waals surface area contributed by atoms with Crippen LogP contribution in [0.3, 0.4) is 0 Å². The zero-order chi connectivity index (χ0) is 20.1. The van der Waals surface area contributed by atoms with Crippen LogP contribution in [0.5, 0.6) is 0 Å². The number of fused-ring (bicyclic) bond motifs is 1. The largest absolute Gasteiger partial charge is 0.435 e. The Kier molecular flexibility index (Phi) is 4.56. The highest BCUT2D eigenvalue weighted by molar-refractivity contribution is 9.10. The van der Waals surface area contributed by atoms with Crippen molar-refractivity contribution in [2.24, 2.45) is 0 Å². The lowest BCUT2D eigenvalue weighted by molar-refractivity contribution is -0.144. The zero-order valence-corrected chi connectivity index (χ0v) is 16.1. The molecule has 1 aliphatic rings. The van der Waals surface area contributed by atoms with Crippen LogP contribution in [0, 0.1) is 0 Å². The molecule has 2 N–H and O–H groups in total. The number of piperidine rings is 1. The summed E-state index contributed by atoms with van der Waals surface area (Å²) < 4.78 is 42.9. The summed E-state index contributed by atoms with van der Waals surface area (Å²) in [6.45, 7) is 0.613. The third-order valence-corrected chi connectivity index (χ3v) is 5.65. The van der Waals surface area contributed by atoms with E-state index < -0.39 is 17.9 Å². The lowest BCUT2D eigenvalue weighted by atomic mass is 10.0. The summed E-state index contributed by atoms with van der Waals surface area (Å²) in [6, 6.07) is 5.01. The molecule has 1 aliphatic heterocycles. The molecule has 11 heteroatoms. The van der Waals surface area contributed by atoms with Crippen LogP contribution < -0.4 is 5.73 Å². The molecule has 148 valence electrons. The van der Waals surface area contributed by atoms with Gasteiger partial charge in [-0.1, -0.05) is 6.07 Å². The monoisotopic (exact) mass is 456 g/mol. The van der Waals surface area contributed by atoms with Gasteiger partial charge in [-0.3, -0.25) is 9.48 Å². The molecule has 0 aliphatic carbocycles. The number of hydrogen-bond acceptors (Lipinski definition) is 4. The Bertz CT molecular complexity index is 1040. The third-order valence-electron chi connectivity index (χ3n) is 4.87. The van der Waals surface area contributed by atoms with Crippen LogP contribution in [0.4, 0.5) is 18.9 Å². The van der Waals surface area contributed by atoms with Crippen molar-refractivity contribution in [1.82, 2.24) is 24.3 Å². The highest BCUT2D eigenvalue weighted by atomic mass is 79.9. The Hall–Kier alpha value is -2.56. The molecule has 0 radical (unpaired) electrons. The number of alkyl halides is 3. The van der Waals surface area contributed by atoms with Gasteiger partial charge in [0.05, 0.1) is 27.9 Å². The van der Waals surface area contributed by atoms with Crippen LogP contribution in [0.1, 0.15) is 35.1 Å². The van der Waals surface area contributed by atoms with E-state index in [1.807, 2.05) is 12.1 Å². The first kappa shape index (κ1) is 18.8. The highest BCUT2D eigenvalue weighted by Crippen LogP contribution is 2.37. The van der Waals surface area contributed by atoms with Crippen LogP contribution in [0.15, 0.2) is 35.1 Å². The van der Waals surface area contributed by atoms with Crippen LogP contribution >= 0.6 is 15.9 Å². The average Bonchev–Trinajstić information content (AvgIpc) is 3.22. The van der Waals surface area contributed by atoms with Gasteiger partial charge in [-0.2, -0.15) is 23.4 Å². The van der Waals surface area contributed by atoms with Gasteiger partial charge in [0.25, 0.3) is 5.91 Å². The van der Waals surface area contributed by atoms with E-state index in [0.717, 1.165) is 16.4 Å². The van der Waals surface area contributed by atoms with Crippen molar-refractivity contribution in [3.63, 3.8) is 0 Å². The molecule has 0 saturated carbocycles. The predicted octanol–water partition coefficient (Wildman–Crippen LogP) is 3.37. The van der Waals surface area contributed by atoms with Gasteiger partial charge >= 0.3 is 6.18 Å². The second kappa shape index (κ2) is 6.80. The zero-order valence-electron chi connectivity index (χ0n) is 14.5. The second-order valence-corrected chi connectivity index (χ2v) is 7.40. The first-order valence-corrected chi connectivity index (χ1v) is 9.39.